The highest BCUT2D eigenvalue weighted by molar-refractivity contribution is 5.66. The molecule has 1 aliphatic rings. The topological polar surface area (TPSA) is 109 Å². The lowest BCUT2D eigenvalue weighted by Crippen LogP contribution is -2.27. The van der Waals surface area contributed by atoms with Gasteiger partial charge in [0.25, 0.3) is 0 Å². The highest BCUT2D eigenvalue weighted by atomic mass is 16.5. The van der Waals surface area contributed by atoms with Crippen molar-refractivity contribution in [1.29, 1.82) is 0 Å². The Labute approximate surface area is 185 Å². The van der Waals surface area contributed by atoms with E-state index >= 15 is 0 Å². The van der Waals surface area contributed by atoms with Crippen LogP contribution in [0, 0.1) is 0 Å². The SMILES string of the molecule is COc1ccc(C2CC(c3nc(-c4cc(OC)c(OC)c(OC)c4)no3)NN2)c(OC)c1. The summed E-state index contributed by atoms with van der Waals surface area (Å²) in [4.78, 5) is 4.58. The Morgan fingerprint density at radius 2 is 1.50 bits per heavy atom. The Kier molecular flexibility index (Phi) is 6.33. The first-order valence-electron chi connectivity index (χ1n) is 9.98. The van der Waals surface area contributed by atoms with E-state index in [0.717, 1.165) is 17.1 Å². The Balaban J connectivity index is 1.56. The van der Waals surface area contributed by atoms with Gasteiger partial charge in [-0.15, -0.1) is 0 Å². The van der Waals surface area contributed by atoms with Crippen molar-refractivity contribution in [3.63, 3.8) is 0 Å². The lowest BCUT2D eigenvalue weighted by molar-refractivity contribution is 0.324. The molecule has 0 aliphatic carbocycles. The van der Waals surface area contributed by atoms with E-state index in [1.807, 2.05) is 18.2 Å². The Morgan fingerprint density at radius 3 is 2.12 bits per heavy atom. The van der Waals surface area contributed by atoms with Crippen LogP contribution >= 0.6 is 0 Å². The lowest BCUT2D eigenvalue weighted by Gasteiger charge is -2.15. The number of methoxy groups -OCH3 is 5. The molecule has 32 heavy (non-hydrogen) atoms. The van der Waals surface area contributed by atoms with Crippen molar-refractivity contribution in [1.82, 2.24) is 21.0 Å². The smallest absolute Gasteiger partial charge is 0.245 e. The number of ether oxygens (including phenoxy) is 5. The molecule has 170 valence electrons. The van der Waals surface area contributed by atoms with Crippen LogP contribution < -0.4 is 34.5 Å². The number of hydrogen-bond donors (Lipinski definition) is 2. The largest absolute Gasteiger partial charge is 0.497 e. The standard InChI is InChI=1S/C22H26N4O6/c1-27-13-6-7-14(17(10-13)28-2)15-11-16(25-24-15)22-23-21(26-32-22)12-8-18(29-3)20(31-5)19(9-12)30-4/h6-10,15-16,24-25H,11H2,1-5H3. The molecule has 1 aromatic heterocycles. The number of aromatic nitrogens is 2. The summed E-state index contributed by atoms with van der Waals surface area (Å²) < 4.78 is 32.6. The van der Waals surface area contributed by atoms with Gasteiger partial charge in [-0.05, 0) is 24.6 Å². The fourth-order valence-corrected chi connectivity index (χ4v) is 3.73. The normalized spacial score (nSPS) is 17.8. The molecule has 1 aliphatic heterocycles. The van der Waals surface area contributed by atoms with Crippen molar-refractivity contribution in [2.75, 3.05) is 35.5 Å². The van der Waals surface area contributed by atoms with Gasteiger partial charge >= 0.3 is 0 Å². The zero-order valence-electron chi connectivity index (χ0n) is 18.6. The molecule has 1 saturated heterocycles. The molecule has 0 radical (unpaired) electrons. The molecule has 1 fully saturated rings. The van der Waals surface area contributed by atoms with E-state index in [0.29, 0.717) is 40.9 Å². The molecule has 2 N–H and O–H groups in total. The maximum Gasteiger partial charge on any atom is 0.245 e. The van der Waals surface area contributed by atoms with E-state index in [9.17, 15) is 0 Å². The first-order valence-corrected chi connectivity index (χ1v) is 9.98. The molecule has 2 unspecified atom stereocenters. The Morgan fingerprint density at radius 1 is 0.812 bits per heavy atom. The van der Waals surface area contributed by atoms with Gasteiger partial charge in [-0.2, -0.15) is 4.98 Å². The minimum atomic E-state index is -0.171. The van der Waals surface area contributed by atoms with Crippen LogP contribution in [0.1, 0.15) is 30.0 Å². The summed E-state index contributed by atoms with van der Waals surface area (Å²) in [5.74, 6) is 3.90. The van der Waals surface area contributed by atoms with Crippen molar-refractivity contribution in [3.8, 4) is 40.1 Å². The number of nitrogens with zero attached hydrogens (tertiary/aromatic N) is 2. The van der Waals surface area contributed by atoms with Crippen LogP contribution in [0.3, 0.4) is 0 Å². The molecule has 2 atom stereocenters. The predicted octanol–water partition coefficient (Wildman–Crippen LogP) is 3.06. The van der Waals surface area contributed by atoms with E-state index < -0.39 is 0 Å². The van der Waals surface area contributed by atoms with E-state index in [4.69, 9.17) is 28.2 Å². The van der Waals surface area contributed by atoms with Crippen LogP contribution in [0.15, 0.2) is 34.9 Å². The maximum atomic E-state index is 5.56. The van der Waals surface area contributed by atoms with Crippen molar-refractivity contribution < 1.29 is 28.2 Å². The van der Waals surface area contributed by atoms with Crippen LogP contribution in [0.4, 0.5) is 0 Å². The van der Waals surface area contributed by atoms with Gasteiger partial charge in [0.1, 0.15) is 17.5 Å². The van der Waals surface area contributed by atoms with Crippen molar-refractivity contribution in [3.05, 3.63) is 41.8 Å². The monoisotopic (exact) mass is 442 g/mol. The second kappa shape index (κ2) is 9.33. The van der Waals surface area contributed by atoms with Crippen molar-refractivity contribution in [2.45, 2.75) is 18.5 Å². The highest BCUT2D eigenvalue weighted by Crippen LogP contribution is 2.41. The summed E-state index contributed by atoms with van der Waals surface area (Å²) in [6.45, 7) is 0. The molecule has 10 heteroatoms. The van der Waals surface area contributed by atoms with E-state index in [1.165, 1.54) is 0 Å². The molecule has 0 amide bonds. The highest BCUT2D eigenvalue weighted by Gasteiger charge is 2.32. The third-order valence-corrected chi connectivity index (χ3v) is 5.38. The van der Waals surface area contributed by atoms with E-state index in [-0.39, 0.29) is 12.1 Å². The summed E-state index contributed by atoms with van der Waals surface area (Å²) in [6, 6.07) is 9.13. The number of hydrazine groups is 1. The van der Waals surface area contributed by atoms with Gasteiger partial charge in [0.05, 0.1) is 41.6 Å². The van der Waals surface area contributed by atoms with Gasteiger partial charge in [0.15, 0.2) is 11.5 Å². The number of rotatable bonds is 8. The average Bonchev–Trinajstić information content (AvgIpc) is 3.52. The van der Waals surface area contributed by atoms with Gasteiger partial charge in [-0.1, -0.05) is 11.2 Å². The first-order chi connectivity index (χ1) is 15.6. The second-order valence-electron chi connectivity index (χ2n) is 7.11. The summed E-state index contributed by atoms with van der Waals surface area (Å²) in [5.41, 5.74) is 8.20. The zero-order chi connectivity index (χ0) is 22.7. The predicted molar refractivity (Wildman–Crippen MR) is 115 cm³/mol. The third kappa shape index (κ3) is 4.02. The maximum absolute atomic E-state index is 5.56. The van der Waals surface area contributed by atoms with Gasteiger partial charge in [0, 0.05) is 17.2 Å². The summed E-state index contributed by atoms with van der Waals surface area (Å²) in [7, 11) is 7.94. The average molecular weight is 442 g/mol. The first kappa shape index (κ1) is 21.7. The van der Waals surface area contributed by atoms with Crippen LogP contribution in [-0.4, -0.2) is 45.7 Å². The molecule has 4 rings (SSSR count). The van der Waals surface area contributed by atoms with Crippen molar-refractivity contribution in [2.24, 2.45) is 0 Å². The van der Waals surface area contributed by atoms with Crippen LogP contribution in [0.2, 0.25) is 0 Å². The molecular weight excluding hydrogens is 416 g/mol. The van der Waals surface area contributed by atoms with Gasteiger partial charge in [0.2, 0.25) is 17.5 Å². The van der Waals surface area contributed by atoms with Crippen molar-refractivity contribution >= 4 is 0 Å². The van der Waals surface area contributed by atoms with Gasteiger partial charge in [-0.3, -0.25) is 0 Å². The summed E-state index contributed by atoms with van der Waals surface area (Å²) in [5, 5.41) is 4.14. The quantitative estimate of drug-likeness (QED) is 0.540. The number of hydrogen-bond acceptors (Lipinski definition) is 10. The fourth-order valence-electron chi connectivity index (χ4n) is 3.73. The molecular formula is C22H26N4O6. The van der Waals surface area contributed by atoms with E-state index in [2.05, 4.69) is 21.0 Å². The molecule has 2 heterocycles. The minimum Gasteiger partial charge on any atom is -0.497 e. The van der Waals surface area contributed by atoms with Crippen LogP contribution in [0.5, 0.6) is 28.7 Å². The molecule has 3 aromatic rings. The van der Waals surface area contributed by atoms with Crippen LogP contribution in [0.25, 0.3) is 11.4 Å². The number of nitrogens with one attached hydrogen (secondary N) is 2. The fraction of sp³-hybridized carbons (Fsp3) is 0.364. The van der Waals surface area contributed by atoms with E-state index in [1.54, 1.807) is 47.7 Å². The Bertz CT molecular complexity index is 1060. The molecule has 2 aromatic carbocycles. The van der Waals surface area contributed by atoms with Crippen LogP contribution in [-0.2, 0) is 0 Å². The third-order valence-electron chi connectivity index (χ3n) is 5.38. The number of benzene rings is 2. The summed E-state index contributed by atoms with van der Waals surface area (Å²) in [6.07, 6.45) is 0.694. The minimum absolute atomic E-state index is 0.00243. The van der Waals surface area contributed by atoms with Gasteiger partial charge < -0.3 is 28.2 Å². The van der Waals surface area contributed by atoms with Gasteiger partial charge in [-0.25, -0.2) is 10.9 Å². The lowest BCUT2D eigenvalue weighted by atomic mass is 10.0. The molecule has 0 saturated carbocycles. The Hall–Kier alpha value is -3.50. The molecule has 10 nitrogen and oxygen atoms in total. The zero-order valence-corrected chi connectivity index (χ0v) is 18.6. The summed E-state index contributed by atoms with van der Waals surface area (Å²) >= 11 is 0. The molecule has 0 spiro atoms. The molecule has 0 bridgehead atoms. The second-order valence-corrected chi connectivity index (χ2v) is 7.11.